The van der Waals surface area contributed by atoms with Crippen LogP contribution in [0.25, 0.3) is 0 Å². The molecule has 2 rings (SSSR count). The first-order valence-electron chi connectivity index (χ1n) is 5.66. The third kappa shape index (κ3) is 3.63. The summed E-state index contributed by atoms with van der Waals surface area (Å²) < 4.78 is 6.64. The molecule has 0 radical (unpaired) electrons. The molecule has 2 nitrogen and oxygen atoms in total. The summed E-state index contributed by atoms with van der Waals surface area (Å²) in [5.74, 6) is 1.24. The van der Waals surface area contributed by atoms with Gasteiger partial charge < -0.3 is 10.1 Å². The van der Waals surface area contributed by atoms with Crippen molar-refractivity contribution in [3.63, 3.8) is 0 Å². The fourth-order valence-electron chi connectivity index (χ4n) is 1.62. The van der Waals surface area contributed by atoms with Crippen LogP contribution >= 0.6 is 39.1 Å². The monoisotopic (exact) mass is 359 g/mol. The van der Waals surface area contributed by atoms with Crippen molar-refractivity contribution in [3.8, 4) is 11.5 Å². The standard InChI is InChI=1S/C14H12BrCl2NO/c1-18-8-9-5-6-12(10(15)7-9)19-13-4-2-3-11(16)14(13)17/h2-7,18H,8H2,1H3. The van der Waals surface area contributed by atoms with Gasteiger partial charge in [-0.05, 0) is 52.8 Å². The molecular weight excluding hydrogens is 349 g/mol. The van der Waals surface area contributed by atoms with E-state index in [9.17, 15) is 0 Å². The summed E-state index contributed by atoms with van der Waals surface area (Å²) in [4.78, 5) is 0. The Bertz CT molecular complexity index is 590. The van der Waals surface area contributed by atoms with Crippen molar-refractivity contribution in [3.05, 3.63) is 56.5 Å². The van der Waals surface area contributed by atoms with Gasteiger partial charge in [0.1, 0.15) is 16.5 Å². The van der Waals surface area contributed by atoms with Crippen molar-refractivity contribution in [2.45, 2.75) is 6.54 Å². The molecule has 2 aromatic rings. The lowest BCUT2D eigenvalue weighted by Gasteiger charge is -2.11. The van der Waals surface area contributed by atoms with Gasteiger partial charge >= 0.3 is 0 Å². The Hall–Kier alpha value is -0.740. The highest BCUT2D eigenvalue weighted by atomic mass is 79.9. The fourth-order valence-corrected chi connectivity index (χ4v) is 2.46. The molecule has 0 amide bonds. The average molecular weight is 361 g/mol. The van der Waals surface area contributed by atoms with E-state index < -0.39 is 0 Å². The van der Waals surface area contributed by atoms with Gasteiger partial charge in [-0.1, -0.05) is 35.3 Å². The topological polar surface area (TPSA) is 21.3 Å². The van der Waals surface area contributed by atoms with Crippen LogP contribution in [0.4, 0.5) is 0 Å². The highest BCUT2D eigenvalue weighted by Gasteiger charge is 2.09. The van der Waals surface area contributed by atoms with Gasteiger partial charge in [-0.25, -0.2) is 0 Å². The number of hydrogen-bond acceptors (Lipinski definition) is 2. The van der Waals surface area contributed by atoms with E-state index in [1.165, 1.54) is 5.56 Å². The molecule has 0 aliphatic carbocycles. The lowest BCUT2D eigenvalue weighted by Crippen LogP contribution is -2.04. The fraction of sp³-hybridized carbons (Fsp3) is 0.143. The second kappa shape index (κ2) is 6.62. The Morgan fingerprint density at radius 3 is 2.63 bits per heavy atom. The Balaban J connectivity index is 2.26. The van der Waals surface area contributed by atoms with E-state index in [0.29, 0.717) is 21.5 Å². The van der Waals surface area contributed by atoms with Crippen LogP contribution in [0.5, 0.6) is 11.5 Å². The molecule has 0 unspecified atom stereocenters. The van der Waals surface area contributed by atoms with Crippen LogP contribution < -0.4 is 10.1 Å². The average Bonchev–Trinajstić information content (AvgIpc) is 2.38. The van der Waals surface area contributed by atoms with Gasteiger partial charge in [0.15, 0.2) is 0 Å². The molecule has 0 aliphatic rings. The summed E-state index contributed by atoms with van der Waals surface area (Å²) in [7, 11) is 1.91. The zero-order chi connectivity index (χ0) is 13.8. The van der Waals surface area contributed by atoms with Gasteiger partial charge in [0.2, 0.25) is 0 Å². The molecule has 0 heterocycles. The first kappa shape index (κ1) is 14.7. The Morgan fingerprint density at radius 2 is 1.95 bits per heavy atom. The van der Waals surface area contributed by atoms with Gasteiger partial charge in [-0.15, -0.1) is 0 Å². The van der Waals surface area contributed by atoms with Crippen LogP contribution in [0.15, 0.2) is 40.9 Å². The molecule has 0 atom stereocenters. The maximum Gasteiger partial charge on any atom is 0.147 e. The molecule has 1 N–H and O–H groups in total. The molecular formula is C14H12BrCl2NO. The van der Waals surface area contributed by atoms with E-state index >= 15 is 0 Å². The number of benzene rings is 2. The van der Waals surface area contributed by atoms with Gasteiger partial charge in [0, 0.05) is 6.54 Å². The number of ether oxygens (including phenoxy) is 1. The summed E-state index contributed by atoms with van der Waals surface area (Å²) in [6.07, 6.45) is 0. The van der Waals surface area contributed by atoms with Crippen molar-refractivity contribution in [2.24, 2.45) is 0 Å². The van der Waals surface area contributed by atoms with Crippen LogP contribution in [0.2, 0.25) is 10.0 Å². The Labute approximate surface area is 130 Å². The summed E-state index contributed by atoms with van der Waals surface area (Å²) in [5, 5.41) is 3.98. The SMILES string of the molecule is CNCc1ccc(Oc2cccc(Cl)c2Cl)c(Br)c1. The van der Waals surface area contributed by atoms with Crippen molar-refractivity contribution < 1.29 is 4.74 Å². The van der Waals surface area contributed by atoms with Crippen molar-refractivity contribution in [1.82, 2.24) is 5.32 Å². The zero-order valence-corrected chi connectivity index (χ0v) is 13.3. The highest BCUT2D eigenvalue weighted by Crippen LogP contribution is 2.37. The van der Waals surface area contributed by atoms with E-state index in [1.54, 1.807) is 18.2 Å². The minimum absolute atomic E-state index is 0.412. The second-order valence-corrected chi connectivity index (χ2v) is 5.59. The molecule has 0 saturated carbocycles. The van der Waals surface area contributed by atoms with Crippen LogP contribution in [-0.2, 0) is 6.54 Å². The molecule has 0 fully saturated rings. The smallest absolute Gasteiger partial charge is 0.147 e. The first-order valence-corrected chi connectivity index (χ1v) is 7.21. The molecule has 5 heteroatoms. The number of rotatable bonds is 4. The molecule has 19 heavy (non-hydrogen) atoms. The van der Waals surface area contributed by atoms with E-state index in [2.05, 4.69) is 21.2 Å². The van der Waals surface area contributed by atoms with E-state index in [4.69, 9.17) is 27.9 Å². The van der Waals surface area contributed by atoms with Gasteiger partial charge in [-0.3, -0.25) is 0 Å². The minimum Gasteiger partial charge on any atom is -0.455 e. The zero-order valence-electron chi connectivity index (χ0n) is 10.2. The van der Waals surface area contributed by atoms with Gasteiger partial charge in [0.05, 0.1) is 9.50 Å². The predicted octanol–water partition coefficient (Wildman–Crippen LogP) is 5.27. The van der Waals surface area contributed by atoms with Gasteiger partial charge in [0.25, 0.3) is 0 Å². The molecule has 0 saturated heterocycles. The van der Waals surface area contributed by atoms with Crippen LogP contribution in [-0.4, -0.2) is 7.05 Å². The van der Waals surface area contributed by atoms with Crippen LogP contribution in [0.3, 0.4) is 0 Å². The lowest BCUT2D eigenvalue weighted by atomic mass is 10.2. The predicted molar refractivity (Wildman–Crippen MR) is 83.4 cm³/mol. The first-order chi connectivity index (χ1) is 9.11. The minimum atomic E-state index is 0.412. The molecule has 0 spiro atoms. The molecule has 0 aliphatic heterocycles. The Kier molecular flexibility index (Phi) is 5.11. The summed E-state index contributed by atoms with van der Waals surface area (Å²) in [5.41, 5.74) is 1.17. The molecule has 0 aromatic heterocycles. The van der Waals surface area contributed by atoms with Crippen molar-refractivity contribution in [2.75, 3.05) is 7.05 Å². The maximum absolute atomic E-state index is 6.09. The van der Waals surface area contributed by atoms with E-state index in [-0.39, 0.29) is 0 Å². The third-order valence-electron chi connectivity index (χ3n) is 2.51. The molecule has 100 valence electrons. The third-order valence-corrected chi connectivity index (χ3v) is 3.93. The van der Waals surface area contributed by atoms with Crippen molar-refractivity contribution >= 4 is 39.1 Å². The summed E-state index contributed by atoms with van der Waals surface area (Å²) in [6.45, 7) is 0.802. The summed E-state index contributed by atoms with van der Waals surface area (Å²) >= 11 is 15.5. The molecule has 2 aromatic carbocycles. The highest BCUT2D eigenvalue weighted by molar-refractivity contribution is 9.10. The van der Waals surface area contributed by atoms with Crippen LogP contribution in [0.1, 0.15) is 5.56 Å². The second-order valence-electron chi connectivity index (χ2n) is 3.95. The number of hydrogen-bond donors (Lipinski definition) is 1. The quantitative estimate of drug-likeness (QED) is 0.802. The summed E-state index contributed by atoms with van der Waals surface area (Å²) in [6, 6.07) is 11.2. The normalized spacial score (nSPS) is 10.5. The van der Waals surface area contributed by atoms with E-state index in [0.717, 1.165) is 11.0 Å². The number of nitrogens with one attached hydrogen (secondary N) is 1. The van der Waals surface area contributed by atoms with E-state index in [1.807, 2.05) is 25.2 Å². The number of halogens is 3. The Morgan fingerprint density at radius 1 is 1.16 bits per heavy atom. The molecule has 0 bridgehead atoms. The van der Waals surface area contributed by atoms with Crippen molar-refractivity contribution in [1.29, 1.82) is 0 Å². The lowest BCUT2D eigenvalue weighted by molar-refractivity contribution is 0.479. The largest absolute Gasteiger partial charge is 0.455 e. The van der Waals surface area contributed by atoms with Gasteiger partial charge in [-0.2, -0.15) is 0 Å². The van der Waals surface area contributed by atoms with Crippen LogP contribution in [0, 0.1) is 0 Å². The maximum atomic E-state index is 6.09.